The monoisotopic (exact) mass is 387 g/mol. The third kappa shape index (κ3) is 3.79. The first kappa shape index (κ1) is 18.9. The van der Waals surface area contributed by atoms with Gasteiger partial charge in [0.05, 0.1) is 17.3 Å². The quantitative estimate of drug-likeness (QED) is 0.644. The summed E-state index contributed by atoms with van der Waals surface area (Å²) in [5.74, 6) is -0.282. The molecule has 0 radical (unpaired) electrons. The fourth-order valence-corrected chi connectivity index (χ4v) is 3.95. The van der Waals surface area contributed by atoms with E-state index in [1.54, 1.807) is 23.2 Å². The molecule has 0 bridgehead atoms. The summed E-state index contributed by atoms with van der Waals surface area (Å²) in [5.41, 5.74) is 2.12. The van der Waals surface area contributed by atoms with Gasteiger partial charge in [-0.05, 0) is 43.0 Å². The van der Waals surface area contributed by atoms with Crippen molar-refractivity contribution in [3.63, 3.8) is 0 Å². The van der Waals surface area contributed by atoms with Gasteiger partial charge < -0.3 is 0 Å². The third-order valence-corrected chi connectivity index (χ3v) is 5.43. The highest BCUT2D eigenvalue weighted by atomic mass is 19.1. The summed E-state index contributed by atoms with van der Waals surface area (Å²) >= 11 is 0. The molecule has 0 spiro atoms. The van der Waals surface area contributed by atoms with Crippen LogP contribution in [0.4, 0.5) is 10.1 Å². The number of hydrogen-bond donors (Lipinski definition) is 0. The van der Waals surface area contributed by atoms with Gasteiger partial charge in [-0.1, -0.05) is 42.5 Å². The van der Waals surface area contributed by atoms with E-state index in [1.807, 2.05) is 41.4 Å². The van der Waals surface area contributed by atoms with Crippen LogP contribution < -0.4 is 5.01 Å². The molecule has 4 nitrogen and oxygen atoms in total. The minimum Gasteiger partial charge on any atom is -0.282 e. The van der Waals surface area contributed by atoms with Crippen LogP contribution >= 0.6 is 0 Å². The number of nitriles is 1. The predicted molar refractivity (Wildman–Crippen MR) is 112 cm³/mol. The summed E-state index contributed by atoms with van der Waals surface area (Å²) in [4.78, 5) is 13.0. The Morgan fingerprint density at radius 2 is 1.69 bits per heavy atom. The molecule has 0 aliphatic carbocycles. The van der Waals surface area contributed by atoms with Crippen LogP contribution in [0, 0.1) is 17.1 Å². The molecule has 0 atom stereocenters. The van der Waals surface area contributed by atoms with Gasteiger partial charge in [-0.15, -0.1) is 0 Å². The molecule has 1 heterocycles. The lowest BCUT2D eigenvalue weighted by molar-refractivity contribution is -0.132. The second-order valence-corrected chi connectivity index (χ2v) is 7.23. The van der Waals surface area contributed by atoms with Crippen molar-refractivity contribution >= 4 is 22.4 Å². The van der Waals surface area contributed by atoms with Gasteiger partial charge in [-0.3, -0.25) is 14.8 Å². The molecule has 0 saturated carbocycles. The maximum atomic E-state index is 13.9. The fourth-order valence-electron chi connectivity index (χ4n) is 3.95. The summed E-state index contributed by atoms with van der Waals surface area (Å²) in [7, 11) is 0. The normalized spacial score (nSPS) is 14.1. The molecule has 0 N–H and O–H groups in total. The zero-order valence-corrected chi connectivity index (χ0v) is 16.1. The van der Waals surface area contributed by atoms with E-state index in [1.165, 1.54) is 6.07 Å². The van der Waals surface area contributed by atoms with E-state index in [2.05, 4.69) is 6.07 Å². The first-order chi connectivity index (χ1) is 14.2. The summed E-state index contributed by atoms with van der Waals surface area (Å²) in [6.45, 7) is 1.38. The van der Waals surface area contributed by atoms with Gasteiger partial charge in [-0.2, -0.15) is 5.26 Å². The van der Waals surface area contributed by atoms with E-state index in [0.29, 0.717) is 24.1 Å². The van der Waals surface area contributed by atoms with Crippen molar-refractivity contribution in [3.05, 3.63) is 77.6 Å². The number of benzene rings is 3. The number of carbonyl (C=O) groups is 1. The Labute approximate surface area is 169 Å². The Bertz CT molecular complexity index is 1090. The van der Waals surface area contributed by atoms with Gasteiger partial charge in [-0.25, -0.2) is 4.39 Å². The molecule has 5 heteroatoms. The highest BCUT2D eigenvalue weighted by Crippen LogP contribution is 2.32. The first-order valence-corrected chi connectivity index (χ1v) is 9.92. The molecule has 3 aromatic rings. The van der Waals surface area contributed by atoms with E-state index < -0.39 is 0 Å². The van der Waals surface area contributed by atoms with Gasteiger partial charge in [0.1, 0.15) is 5.82 Å². The van der Waals surface area contributed by atoms with E-state index in [0.717, 1.165) is 35.8 Å². The van der Waals surface area contributed by atoms with Gasteiger partial charge in [0.2, 0.25) is 5.91 Å². The molecule has 1 amide bonds. The standard InChI is InChI=1S/C24H22FN3O/c25-22-10-4-1-7-18(22)12-14-24(29)28-16-6-5-15-27(28)23-13-11-19(17-26)20-8-2-3-9-21(20)23/h1-4,7-11,13H,5-6,12,14-16H2. The highest BCUT2D eigenvalue weighted by Gasteiger charge is 2.26. The highest BCUT2D eigenvalue weighted by molar-refractivity contribution is 5.98. The molecule has 146 valence electrons. The molecule has 3 aromatic carbocycles. The Morgan fingerprint density at radius 1 is 0.966 bits per heavy atom. The van der Waals surface area contributed by atoms with Gasteiger partial charge in [0.15, 0.2) is 0 Å². The molecule has 1 saturated heterocycles. The SMILES string of the molecule is N#Cc1ccc(N2CCCCN2C(=O)CCc2ccccc2F)c2ccccc12. The lowest BCUT2D eigenvalue weighted by atomic mass is 10.0. The van der Waals surface area contributed by atoms with Crippen molar-refractivity contribution in [2.45, 2.75) is 25.7 Å². The summed E-state index contributed by atoms with van der Waals surface area (Å²) in [6, 6.07) is 20.4. The number of aryl methyl sites for hydroxylation is 1. The van der Waals surface area contributed by atoms with Gasteiger partial charge in [0.25, 0.3) is 0 Å². The van der Waals surface area contributed by atoms with Crippen molar-refractivity contribution in [2.75, 3.05) is 18.1 Å². The van der Waals surface area contributed by atoms with Crippen LogP contribution in [0.25, 0.3) is 10.8 Å². The van der Waals surface area contributed by atoms with Crippen LogP contribution in [0.15, 0.2) is 60.7 Å². The predicted octanol–water partition coefficient (Wildman–Crippen LogP) is 4.83. The molecule has 29 heavy (non-hydrogen) atoms. The maximum Gasteiger partial charge on any atom is 0.241 e. The molecular weight excluding hydrogens is 365 g/mol. The van der Waals surface area contributed by atoms with Crippen LogP contribution in [0.3, 0.4) is 0 Å². The number of fused-ring (bicyclic) bond motifs is 1. The van der Waals surface area contributed by atoms with E-state index >= 15 is 0 Å². The van der Waals surface area contributed by atoms with Crippen LogP contribution in [0.1, 0.15) is 30.4 Å². The van der Waals surface area contributed by atoms with Crippen molar-refractivity contribution in [2.24, 2.45) is 0 Å². The summed E-state index contributed by atoms with van der Waals surface area (Å²) < 4.78 is 13.9. The topological polar surface area (TPSA) is 47.3 Å². The number of hydrazine groups is 1. The smallest absolute Gasteiger partial charge is 0.241 e. The number of halogens is 1. The minimum atomic E-state index is -0.270. The lowest BCUT2D eigenvalue weighted by Crippen LogP contribution is -2.50. The fraction of sp³-hybridized carbons (Fsp3) is 0.250. The Morgan fingerprint density at radius 3 is 2.48 bits per heavy atom. The zero-order valence-electron chi connectivity index (χ0n) is 16.1. The largest absolute Gasteiger partial charge is 0.282 e. The number of hydrogen-bond acceptors (Lipinski definition) is 3. The zero-order chi connectivity index (χ0) is 20.2. The van der Waals surface area contributed by atoms with Gasteiger partial charge in [0, 0.05) is 30.3 Å². The van der Waals surface area contributed by atoms with E-state index in [-0.39, 0.29) is 18.1 Å². The van der Waals surface area contributed by atoms with Crippen molar-refractivity contribution in [3.8, 4) is 6.07 Å². The van der Waals surface area contributed by atoms with Gasteiger partial charge >= 0.3 is 0 Å². The number of amides is 1. The van der Waals surface area contributed by atoms with Crippen LogP contribution in [-0.2, 0) is 11.2 Å². The first-order valence-electron chi connectivity index (χ1n) is 9.92. The number of carbonyl (C=O) groups excluding carboxylic acids is 1. The lowest BCUT2D eigenvalue weighted by Gasteiger charge is -2.41. The van der Waals surface area contributed by atoms with Crippen LogP contribution in [-0.4, -0.2) is 24.0 Å². The third-order valence-electron chi connectivity index (χ3n) is 5.43. The molecule has 1 aliphatic rings. The average molecular weight is 387 g/mol. The molecule has 0 aromatic heterocycles. The summed E-state index contributed by atoms with van der Waals surface area (Å²) in [5, 5.41) is 15.1. The number of anilines is 1. The molecule has 1 fully saturated rings. The Kier molecular flexibility index (Phi) is 5.44. The Balaban J connectivity index is 1.61. The number of nitrogens with zero attached hydrogens (tertiary/aromatic N) is 3. The molecular formula is C24H22FN3O. The van der Waals surface area contributed by atoms with Crippen LogP contribution in [0.2, 0.25) is 0 Å². The molecule has 0 unspecified atom stereocenters. The average Bonchev–Trinajstić information content (AvgIpc) is 2.77. The van der Waals surface area contributed by atoms with Crippen molar-refractivity contribution in [1.82, 2.24) is 5.01 Å². The Hall–Kier alpha value is -3.39. The van der Waals surface area contributed by atoms with Crippen molar-refractivity contribution < 1.29 is 9.18 Å². The second kappa shape index (κ2) is 8.32. The second-order valence-electron chi connectivity index (χ2n) is 7.23. The van der Waals surface area contributed by atoms with Crippen molar-refractivity contribution in [1.29, 1.82) is 5.26 Å². The molecule has 4 rings (SSSR count). The summed E-state index contributed by atoms with van der Waals surface area (Å²) in [6.07, 6.45) is 2.57. The maximum absolute atomic E-state index is 13.9. The van der Waals surface area contributed by atoms with E-state index in [4.69, 9.17) is 0 Å². The van der Waals surface area contributed by atoms with E-state index in [9.17, 15) is 14.4 Å². The minimum absolute atomic E-state index is 0.0126. The molecule has 1 aliphatic heterocycles. The number of rotatable bonds is 4. The van der Waals surface area contributed by atoms with Crippen LogP contribution in [0.5, 0.6) is 0 Å².